The number of nitrogens with two attached hydrogens (primary N) is 1. The molecule has 2 rings (SSSR count). The lowest BCUT2D eigenvalue weighted by Crippen LogP contribution is -2.05. The fourth-order valence-corrected chi connectivity index (χ4v) is 2.03. The van der Waals surface area contributed by atoms with Gasteiger partial charge in [-0.15, -0.1) is 0 Å². The molecular weight excluding hydrogens is 332 g/mol. The van der Waals surface area contributed by atoms with E-state index in [1.807, 2.05) is 0 Å². The van der Waals surface area contributed by atoms with E-state index in [0.717, 1.165) is 4.47 Å². The Labute approximate surface area is 123 Å². The molecule has 0 saturated heterocycles. The molecule has 0 aliphatic heterocycles. The molecule has 0 aliphatic rings. The number of carbonyl (C=O) groups is 1. The van der Waals surface area contributed by atoms with Crippen LogP contribution in [0.4, 0.5) is 17.1 Å². The van der Waals surface area contributed by atoms with Crippen molar-refractivity contribution in [3.63, 3.8) is 0 Å². The number of benzene rings is 2. The minimum Gasteiger partial charge on any atom is -0.478 e. The van der Waals surface area contributed by atoms with Crippen molar-refractivity contribution in [3.05, 3.63) is 51.5 Å². The largest absolute Gasteiger partial charge is 0.478 e. The molecule has 0 unspecified atom stereocenters. The standard InChI is InChI=1S/C13H10BrClN2O2/c14-9-5-4-7(6-10(9)15)17-12-8(13(18)19)2-1-3-11(12)16/h1-6,17H,16H2,(H,18,19). The Bertz CT molecular complexity index is 647. The summed E-state index contributed by atoms with van der Waals surface area (Å²) in [5, 5.41) is 12.6. The molecule has 6 heteroatoms. The van der Waals surface area contributed by atoms with Gasteiger partial charge in [0.05, 0.1) is 22.0 Å². The highest BCUT2D eigenvalue weighted by Gasteiger charge is 2.13. The van der Waals surface area contributed by atoms with E-state index in [2.05, 4.69) is 21.2 Å². The van der Waals surface area contributed by atoms with E-state index in [9.17, 15) is 4.79 Å². The van der Waals surface area contributed by atoms with E-state index in [1.165, 1.54) is 6.07 Å². The smallest absolute Gasteiger partial charge is 0.337 e. The molecule has 0 heterocycles. The van der Waals surface area contributed by atoms with Crippen LogP contribution >= 0.6 is 27.5 Å². The maximum Gasteiger partial charge on any atom is 0.337 e. The summed E-state index contributed by atoms with van der Waals surface area (Å²) in [6.07, 6.45) is 0. The van der Waals surface area contributed by atoms with Crippen molar-refractivity contribution in [1.82, 2.24) is 0 Å². The fraction of sp³-hybridized carbons (Fsp3) is 0. The predicted octanol–water partition coefficient (Wildman–Crippen LogP) is 4.13. The molecule has 0 radical (unpaired) electrons. The average Bonchev–Trinajstić information content (AvgIpc) is 2.36. The highest BCUT2D eigenvalue weighted by atomic mass is 79.9. The molecule has 0 aromatic heterocycles. The first-order valence-corrected chi connectivity index (χ1v) is 6.50. The Balaban J connectivity index is 2.42. The summed E-state index contributed by atoms with van der Waals surface area (Å²) in [5.74, 6) is -1.04. The third kappa shape index (κ3) is 3.00. The van der Waals surface area contributed by atoms with Gasteiger partial charge in [0, 0.05) is 10.2 Å². The molecule has 19 heavy (non-hydrogen) atoms. The zero-order valence-corrected chi connectivity index (χ0v) is 12.0. The van der Waals surface area contributed by atoms with Crippen LogP contribution in [0, 0.1) is 0 Å². The number of hydrogen-bond acceptors (Lipinski definition) is 3. The van der Waals surface area contributed by atoms with Crippen LogP contribution in [0.15, 0.2) is 40.9 Å². The summed E-state index contributed by atoms with van der Waals surface area (Å²) in [4.78, 5) is 11.2. The third-order valence-electron chi connectivity index (χ3n) is 2.52. The van der Waals surface area contributed by atoms with E-state index < -0.39 is 5.97 Å². The van der Waals surface area contributed by atoms with Gasteiger partial charge in [0.1, 0.15) is 0 Å². The zero-order valence-electron chi connectivity index (χ0n) is 9.65. The number of para-hydroxylation sites is 1. The summed E-state index contributed by atoms with van der Waals surface area (Å²) >= 11 is 9.28. The van der Waals surface area contributed by atoms with Gasteiger partial charge in [-0.1, -0.05) is 17.7 Å². The van der Waals surface area contributed by atoms with Crippen LogP contribution in [0.5, 0.6) is 0 Å². The predicted molar refractivity (Wildman–Crippen MR) is 80.2 cm³/mol. The Morgan fingerprint density at radius 1 is 1.32 bits per heavy atom. The van der Waals surface area contributed by atoms with Crippen molar-refractivity contribution in [1.29, 1.82) is 0 Å². The third-order valence-corrected chi connectivity index (χ3v) is 3.75. The first kappa shape index (κ1) is 13.7. The normalized spacial score (nSPS) is 10.2. The molecule has 0 saturated carbocycles. The number of aromatic carboxylic acids is 1. The molecule has 4 nitrogen and oxygen atoms in total. The van der Waals surface area contributed by atoms with E-state index >= 15 is 0 Å². The number of rotatable bonds is 3. The molecular formula is C13H10BrClN2O2. The molecule has 98 valence electrons. The summed E-state index contributed by atoms with van der Waals surface area (Å²) < 4.78 is 0.763. The summed E-state index contributed by atoms with van der Waals surface area (Å²) in [7, 11) is 0. The van der Waals surface area contributed by atoms with Crippen molar-refractivity contribution >= 4 is 50.6 Å². The SMILES string of the molecule is Nc1cccc(C(=O)O)c1Nc1ccc(Br)c(Cl)c1. The molecule has 0 bridgehead atoms. The number of hydrogen-bond donors (Lipinski definition) is 3. The van der Waals surface area contributed by atoms with E-state index in [-0.39, 0.29) is 5.56 Å². The Morgan fingerprint density at radius 3 is 2.68 bits per heavy atom. The minimum absolute atomic E-state index is 0.110. The van der Waals surface area contributed by atoms with E-state index in [4.69, 9.17) is 22.4 Å². The van der Waals surface area contributed by atoms with Gasteiger partial charge in [-0.05, 0) is 46.3 Å². The van der Waals surface area contributed by atoms with Crippen LogP contribution in [0.3, 0.4) is 0 Å². The lowest BCUT2D eigenvalue weighted by atomic mass is 10.1. The lowest BCUT2D eigenvalue weighted by molar-refractivity contribution is 0.0698. The molecule has 0 fully saturated rings. The summed E-state index contributed by atoms with van der Waals surface area (Å²) in [6.45, 7) is 0. The molecule has 2 aromatic carbocycles. The number of carboxylic acids is 1. The first-order chi connectivity index (χ1) is 8.99. The first-order valence-electron chi connectivity index (χ1n) is 5.33. The quantitative estimate of drug-likeness (QED) is 0.734. The maximum atomic E-state index is 11.2. The number of nitrogens with one attached hydrogen (secondary N) is 1. The van der Waals surface area contributed by atoms with Gasteiger partial charge >= 0.3 is 5.97 Å². The highest BCUT2D eigenvalue weighted by Crippen LogP contribution is 2.31. The van der Waals surface area contributed by atoms with Crippen molar-refractivity contribution in [2.24, 2.45) is 0 Å². The topological polar surface area (TPSA) is 75.4 Å². The van der Waals surface area contributed by atoms with Gasteiger partial charge in [-0.25, -0.2) is 4.79 Å². The second-order valence-corrected chi connectivity index (χ2v) is 5.09. The minimum atomic E-state index is -1.04. The lowest BCUT2D eigenvalue weighted by Gasteiger charge is -2.12. The fourth-order valence-electron chi connectivity index (χ4n) is 1.61. The van der Waals surface area contributed by atoms with Crippen LogP contribution < -0.4 is 11.1 Å². The molecule has 0 atom stereocenters. The van der Waals surface area contributed by atoms with Crippen LogP contribution in [0.2, 0.25) is 5.02 Å². The molecule has 4 N–H and O–H groups in total. The molecule has 0 amide bonds. The second kappa shape index (κ2) is 5.50. The number of nitrogen functional groups attached to an aromatic ring is 1. The Kier molecular flexibility index (Phi) is 3.97. The van der Waals surface area contributed by atoms with Crippen LogP contribution in [-0.2, 0) is 0 Å². The van der Waals surface area contributed by atoms with E-state index in [0.29, 0.717) is 22.1 Å². The highest BCUT2D eigenvalue weighted by molar-refractivity contribution is 9.10. The Morgan fingerprint density at radius 2 is 2.05 bits per heavy atom. The van der Waals surface area contributed by atoms with Crippen LogP contribution in [0.25, 0.3) is 0 Å². The number of halogens is 2. The van der Waals surface area contributed by atoms with Crippen molar-refractivity contribution in [3.8, 4) is 0 Å². The molecule has 0 spiro atoms. The van der Waals surface area contributed by atoms with Crippen molar-refractivity contribution in [2.45, 2.75) is 0 Å². The van der Waals surface area contributed by atoms with Crippen LogP contribution in [-0.4, -0.2) is 11.1 Å². The van der Waals surface area contributed by atoms with E-state index in [1.54, 1.807) is 30.3 Å². The average molecular weight is 342 g/mol. The van der Waals surface area contributed by atoms with Crippen molar-refractivity contribution in [2.75, 3.05) is 11.1 Å². The summed E-state index contributed by atoms with van der Waals surface area (Å²) in [5.41, 5.74) is 7.29. The van der Waals surface area contributed by atoms with Gasteiger partial charge in [-0.2, -0.15) is 0 Å². The monoisotopic (exact) mass is 340 g/mol. The number of anilines is 3. The van der Waals surface area contributed by atoms with Gasteiger partial charge in [0.2, 0.25) is 0 Å². The van der Waals surface area contributed by atoms with Crippen molar-refractivity contribution < 1.29 is 9.90 Å². The molecule has 2 aromatic rings. The van der Waals surface area contributed by atoms with Gasteiger partial charge < -0.3 is 16.2 Å². The van der Waals surface area contributed by atoms with Gasteiger partial charge in [0.25, 0.3) is 0 Å². The van der Waals surface area contributed by atoms with Crippen LogP contribution in [0.1, 0.15) is 10.4 Å². The van der Waals surface area contributed by atoms with Gasteiger partial charge in [0.15, 0.2) is 0 Å². The summed E-state index contributed by atoms with van der Waals surface area (Å²) in [6, 6.07) is 9.94. The molecule has 0 aliphatic carbocycles. The maximum absolute atomic E-state index is 11.2. The number of carboxylic acid groups (broad SMARTS) is 1. The Hall–Kier alpha value is -1.72. The zero-order chi connectivity index (χ0) is 14.0. The van der Waals surface area contributed by atoms with Gasteiger partial charge in [-0.3, -0.25) is 0 Å². The second-order valence-electron chi connectivity index (χ2n) is 3.83.